The number of rotatable bonds is 4. The Balaban J connectivity index is 2.55. The summed E-state index contributed by atoms with van der Waals surface area (Å²) in [5.74, 6) is -0.228. The third-order valence-corrected chi connectivity index (χ3v) is 1.82. The van der Waals surface area contributed by atoms with Gasteiger partial charge in [-0.15, -0.1) is 0 Å². The van der Waals surface area contributed by atoms with E-state index in [0.29, 0.717) is 0 Å². The van der Waals surface area contributed by atoms with E-state index in [0.717, 1.165) is 5.56 Å². The van der Waals surface area contributed by atoms with Crippen LogP contribution in [0.15, 0.2) is 30.3 Å². The highest BCUT2D eigenvalue weighted by Gasteiger charge is 2.12. The van der Waals surface area contributed by atoms with Crippen LogP contribution in [0.4, 0.5) is 0 Å². The Hall–Kier alpha value is -1.19. The molecule has 70 valence electrons. The Bertz CT molecular complexity index is 272. The minimum Gasteiger partial charge on any atom is -0.384 e. The van der Waals surface area contributed by atoms with Crippen LogP contribution in [-0.2, 0) is 11.2 Å². The molecule has 0 heterocycles. The first-order valence-corrected chi connectivity index (χ1v) is 4.19. The summed E-state index contributed by atoms with van der Waals surface area (Å²) < 4.78 is 0. The average Bonchev–Trinajstić information content (AvgIpc) is 2.18. The molecule has 1 unspecified atom stereocenters. The number of aliphatic hydroxyl groups excluding tert-OH is 1. The minimum absolute atomic E-state index is 0.00827. The molecule has 3 heteroatoms. The Morgan fingerprint density at radius 1 is 1.38 bits per heavy atom. The van der Waals surface area contributed by atoms with Gasteiger partial charge < -0.3 is 10.8 Å². The average molecular weight is 179 g/mol. The summed E-state index contributed by atoms with van der Waals surface area (Å²) in [5, 5.41) is 9.11. The molecule has 0 aromatic heterocycles. The maximum absolute atomic E-state index is 11.2. The number of nitrogens with two attached hydrogens (primary N) is 1. The fraction of sp³-hybridized carbons (Fsp3) is 0.300. The van der Waals surface area contributed by atoms with Gasteiger partial charge in [-0.05, 0) is 5.56 Å². The van der Waals surface area contributed by atoms with Crippen LogP contribution in [0.25, 0.3) is 0 Å². The summed E-state index contributed by atoms with van der Waals surface area (Å²) in [6.07, 6.45) is -0.778. The van der Waals surface area contributed by atoms with Gasteiger partial charge in [0.1, 0.15) is 6.10 Å². The molecule has 0 radical (unpaired) electrons. The number of aliphatic hydroxyl groups is 1. The lowest BCUT2D eigenvalue weighted by molar-refractivity contribution is -0.125. The van der Waals surface area contributed by atoms with Crippen molar-refractivity contribution in [2.45, 2.75) is 12.5 Å². The predicted octanol–water partition coefficient (Wildman–Crippen LogP) is 0.118. The molecule has 0 saturated heterocycles. The van der Waals surface area contributed by atoms with E-state index < -0.39 is 6.10 Å². The third kappa shape index (κ3) is 2.97. The van der Waals surface area contributed by atoms with E-state index in [4.69, 9.17) is 10.8 Å². The lowest BCUT2D eigenvalue weighted by atomic mass is 10.1. The lowest BCUT2D eigenvalue weighted by Gasteiger charge is -2.05. The van der Waals surface area contributed by atoms with Crippen LogP contribution in [0.3, 0.4) is 0 Å². The zero-order chi connectivity index (χ0) is 9.68. The second-order valence-corrected chi connectivity index (χ2v) is 2.88. The van der Waals surface area contributed by atoms with Gasteiger partial charge in [0.15, 0.2) is 5.78 Å². The van der Waals surface area contributed by atoms with Crippen LogP contribution in [0, 0.1) is 0 Å². The number of carbonyl (C=O) groups is 1. The number of ketones is 1. The summed E-state index contributed by atoms with van der Waals surface area (Å²) in [5.41, 5.74) is 6.06. The zero-order valence-electron chi connectivity index (χ0n) is 7.31. The molecule has 0 amide bonds. The van der Waals surface area contributed by atoms with Crippen molar-refractivity contribution in [1.82, 2.24) is 0 Å². The van der Waals surface area contributed by atoms with Crippen molar-refractivity contribution in [1.29, 1.82) is 0 Å². The normalized spacial score (nSPS) is 12.5. The Morgan fingerprint density at radius 3 is 2.54 bits per heavy atom. The van der Waals surface area contributed by atoms with Crippen LogP contribution < -0.4 is 5.73 Å². The van der Waals surface area contributed by atoms with Crippen molar-refractivity contribution in [3.05, 3.63) is 35.9 Å². The molecule has 1 aromatic carbocycles. The van der Waals surface area contributed by atoms with Crippen molar-refractivity contribution in [2.75, 3.05) is 6.54 Å². The van der Waals surface area contributed by atoms with Crippen molar-refractivity contribution in [3.8, 4) is 0 Å². The first-order chi connectivity index (χ1) is 6.24. The lowest BCUT2D eigenvalue weighted by Crippen LogP contribution is -2.30. The molecular formula is C10H13NO2. The minimum atomic E-state index is -1.03. The van der Waals surface area contributed by atoms with Gasteiger partial charge in [0.25, 0.3) is 0 Å². The second kappa shape index (κ2) is 4.74. The van der Waals surface area contributed by atoms with E-state index in [1.807, 2.05) is 30.3 Å². The van der Waals surface area contributed by atoms with Crippen molar-refractivity contribution in [3.63, 3.8) is 0 Å². The van der Waals surface area contributed by atoms with Crippen LogP contribution in [0.2, 0.25) is 0 Å². The smallest absolute Gasteiger partial charge is 0.166 e. The molecule has 0 spiro atoms. The number of carbonyl (C=O) groups excluding carboxylic acids is 1. The van der Waals surface area contributed by atoms with Crippen LogP contribution in [0.5, 0.6) is 0 Å². The molecule has 3 N–H and O–H groups in total. The monoisotopic (exact) mass is 179 g/mol. The quantitative estimate of drug-likeness (QED) is 0.690. The Kier molecular flexibility index (Phi) is 3.61. The molecule has 1 rings (SSSR count). The fourth-order valence-corrected chi connectivity index (χ4v) is 1.05. The standard InChI is InChI=1S/C10H13NO2/c11-7-10(13)9(12)6-8-4-2-1-3-5-8/h1-5,10,13H,6-7,11H2. The second-order valence-electron chi connectivity index (χ2n) is 2.88. The van der Waals surface area contributed by atoms with Gasteiger partial charge in [0.2, 0.25) is 0 Å². The van der Waals surface area contributed by atoms with Crippen molar-refractivity contribution >= 4 is 5.78 Å². The molecule has 0 aliphatic rings. The van der Waals surface area contributed by atoms with E-state index in [1.165, 1.54) is 0 Å². The number of benzene rings is 1. The Morgan fingerprint density at radius 2 is 2.00 bits per heavy atom. The van der Waals surface area contributed by atoms with Gasteiger partial charge in [-0.1, -0.05) is 30.3 Å². The largest absolute Gasteiger partial charge is 0.384 e. The number of Topliss-reactive ketones (excluding diaryl/α,β-unsaturated/α-hetero) is 1. The third-order valence-electron chi connectivity index (χ3n) is 1.82. The van der Waals surface area contributed by atoms with Gasteiger partial charge in [0.05, 0.1) is 0 Å². The summed E-state index contributed by atoms with van der Waals surface area (Å²) in [6.45, 7) is -0.00827. The van der Waals surface area contributed by atoms with Gasteiger partial charge in [-0.3, -0.25) is 4.79 Å². The van der Waals surface area contributed by atoms with Gasteiger partial charge in [-0.2, -0.15) is 0 Å². The highest BCUT2D eigenvalue weighted by atomic mass is 16.3. The van der Waals surface area contributed by atoms with Crippen molar-refractivity contribution in [2.24, 2.45) is 5.73 Å². The number of hydrogen-bond acceptors (Lipinski definition) is 3. The van der Waals surface area contributed by atoms with E-state index in [-0.39, 0.29) is 18.7 Å². The fourth-order valence-electron chi connectivity index (χ4n) is 1.05. The highest BCUT2D eigenvalue weighted by molar-refractivity contribution is 5.85. The topological polar surface area (TPSA) is 63.3 Å². The van der Waals surface area contributed by atoms with E-state index in [1.54, 1.807) is 0 Å². The van der Waals surface area contributed by atoms with Gasteiger partial charge in [0, 0.05) is 13.0 Å². The molecule has 1 atom stereocenters. The van der Waals surface area contributed by atoms with Crippen LogP contribution in [0.1, 0.15) is 5.56 Å². The van der Waals surface area contributed by atoms with Gasteiger partial charge >= 0.3 is 0 Å². The molecule has 0 fully saturated rings. The molecule has 0 aliphatic carbocycles. The number of hydrogen-bond donors (Lipinski definition) is 2. The van der Waals surface area contributed by atoms with Crippen LogP contribution in [-0.4, -0.2) is 23.5 Å². The summed E-state index contributed by atoms with van der Waals surface area (Å²) in [7, 11) is 0. The van der Waals surface area contributed by atoms with Crippen molar-refractivity contribution < 1.29 is 9.90 Å². The molecule has 0 bridgehead atoms. The molecular weight excluding hydrogens is 166 g/mol. The highest BCUT2D eigenvalue weighted by Crippen LogP contribution is 2.01. The molecule has 13 heavy (non-hydrogen) atoms. The maximum Gasteiger partial charge on any atom is 0.166 e. The van der Waals surface area contributed by atoms with E-state index in [2.05, 4.69) is 0 Å². The van der Waals surface area contributed by atoms with Gasteiger partial charge in [-0.25, -0.2) is 0 Å². The first-order valence-electron chi connectivity index (χ1n) is 4.19. The zero-order valence-corrected chi connectivity index (χ0v) is 7.31. The Labute approximate surface area is 77.2 Å². The summed E-state index contributed by atoms with van der Waals surface area (Å²) in [6, 6.07) is 9.30. The van der Waals surface area contributed by atoms with Crippen LogP contribution >= 0.6 is 0 Å². The maximum atomic E-state index is 11.2. The predicted molar refractivity (Wildman–Crippen MR) is 50.2 cm³/mol. The molecule has 0 saturated carbocycles. The molecule has 1 aromatic rings. The summed E-state index contributed by atoms with van der Waals surface area (Å²) in [4.78, 5) is 11.2. The first kappa shape index (κ1) is 9.89. The summed E-state index contributed by atoms with van der Waals surface area (Å²) >= 11 is 0. The molecule has 0 aliphatic heterocycles. The van der Waals surface area contributed by atoms with E-state index in [9.17, 15) is 4.79 Å². The van der Waals surface area contributed by atoms with E-state index >= 15 is 0 Å². The molecule has 3 nitrogen and oxygen atoms in total. The SMILES string of the molecule is NCC(O)C(=O)Cc1ccccc1.